The number of benzene rings is 3. The van der Waals surface area contributed by atoms with Gasteiger partial charge in [-0.15, -0.1) is 0 Å². The quantitative estimate of drug-likeness (QED) is 0.352. The van der Waals surface area contributed by atoms with Crippen LogP contribution in [-0.2, 0) is 33.8 Å². The van der Waals surface area contributed by atoms with Crippen molar-refractivity contribution in [2.75, 3.05) is 19.7 Å². The first kappa shape index (κ1) is 24.7. The number of imide groups is 1. The van der Waals surface area contributed by atoms with Gasteiger partial charge in [-0.25, -0.2) is 9.59 Å². The fourth-order valence-corrected chi connectivity index (χ4v) is 3.85. The summed E-state index contributed by atoms with van der Waals surface area (Å²) in [5, 5.41) is 2.47. The maximum absolute atomic E-state index is 13.0. The van der Waals surface area contributed by atoms with Gasteiger partial charge in [0, 0.05) is 13.1 Å². The molecule has 0 spiro atoms. The molecule has 0 radical (unpaired) electrons. The molecular weight excluding hydrogens is 458 g/mol. The first-order valence-corrected chi connectivity index (χ1v) is 11.7. The summed E-state index contributed by atoms with van der Waals surface area (Å²) in [6.07, 6.45) is 0.687. The Balaban J connectivity index is 1.34. The van der Waals surface area contributed by atoms with Crippen molar-refractivity contribution < 1.29 is 23.9 Å². The van der Waals surface area contributed by atoms with Gasteiger partial charge in [0.1, 0.15) is 0 Å². The van der Waals surface area contributed by atoms with Crippen LogP contribution in [0.3, 0.4) is 0 Å². The Hall–Kier alpha value is -4.46. The summed E-state index contributed by atoms with van der Waals surface area (Å²) in [7, 11) is 0. The van der Waals surface area contributed by atoms with Crippen molar-refractivity contribution in [1.82, 2.24) is 15.1 Å². The highest BCUT2D eigenvalue weighted by molar-refractivity contribution is 6.01. The van der Waals surface area contributed by atoms with Gasteiger partial charge in [-0.2, -0.15) is 0 Å². The lowest BCUT2D eigenvalue weighted by Gasteiger charge is -2.23. The Labute approximate surface area is 209 Å². The maximum atomic E-state index is 13.0. The van der Waals surface area contributed by atoms with Crippen LogP contribution in [0, 0.1) is 0 Å². The maximum Gasteiger partial charge on any atom is 0.338 e. The number of carbonyl (C=O) groups excluding carboxylic acids is 4. The highest BCUT2D eigenvalue weighted by Gasteiger charge is 2.28. The standard InChI is InChI=1S/C28H27N3O5/c32-25-17-29-28(35)31(25)19-23-11-13-24(14-12-23)27(34)36-20-26(33)30(18-22-9-5-2-6-10-22)16-15-21-7-3-1-4-8-21/h1-14H,15-20H2,(H,29,35). The van der Waals surface area contributed by atoms with E-state index in [1.54, 1.807) is 29.2 Å². The van der Waals surface area contributed by atoms with Gasteiger partial charge in [0.05, 0.1) is 18.7 Å². The van der Waals surface area contributed by atoms with Crippen molar-refractivity contribution >= 4 is 23.8 Å². The molecule has 0 aliphatic carbocycles. The third-order valence-electron chi connectivity index (χ3n) is 5.88. The Morgan fingerprint density at radius 1 is 0.833 bits per heavy atom. The number of esters is 1. The molecule has 3 aromatic rings. The van der Waals surface area contributed by atoms with Crippen molar-refractivity contribution in [3.63, 3.8) is 0 Å². The molecule has 3 aromatic carbocycles. The summed E-state index contributed by atoms with van der Waals surface area (Å²) < 4.78 is 5.31. The van der Waals surface area contributed by atoms with Crippen LogP contribution >= 0.6 is 0 Å². The first-order chi connectivity index (χ1) is 17.5. The van der Waals surface area contributed by atoms with Crippen molar-refractivity contribution in [3.8, 4) is 0 Å². The topological polar surface area (TPSA) is 96.0 Å². The minimum atomic E-state index is -0.618. The van der Waals surface area contributed by atoms with E-state index >= 15 is 0 Å². The minimum absolute atomic E-state index is 0.0100. The molecular formula is C28H27N3O5. The molecule has 1 saturated heterocycles. The number of nitrogens with one attached hydrogen (secondary N) is 1. The first-order valence-electron chi connectivity index (χ1n) is 11.7. The molecule has 4 rings (SSSR count). The monoisotopic (exact) mass is 485 g/mol. The Morgan fingerprint density at radius 2 is 1.47 bits per heavy atom. The van der Waals surface area contributed by atoms with Crippen LogP contribution in [0.5, 0.6) is 0 Å². The van der Waals surface area contributed by atoms with Gasteiger partial charge in [-0.1, -0.05) is 72.8 Å². The molecule has 8 nitrogen and oxygen atoms in total. The van der Waals surface area contributed by atoms with Gasteiger partial charge < -0.3 is 15.0 Å². The lowest BCUT2D eigenvalue weighted by atomic mass is 10.1. The highest BCUT2D eigenvalue weighted by atomic mass is 16.5. The third kappa shape index (κ3) is 6.56. The summed E-state index contributed by atoms with van der Waals surface area (Å²) in [6, 6.07) is 25.5. The number of hydrogen-bond acceptors (Lipinski definition) is 5. The Bertz CT molecular complexity index is 1200. The van der Waals surface area contributed by atoms with E-state index in [4.69, 9.17) is 4.74 Å². The van der Waals surface area contributed by atoms with Crippen molar-refractivity contribution in [1.29, 1.82) is 0 Å². The van der Waals surface area contributed by atoms with E-state index in [-0.39, 0.29) is 37.1 Å². The average Bonchev–Trinajstić information content (AvgIpc) is 3.23. The summed E-state index contributed by atoms with van der Waals surface area (Å²) in [6.45, 7) is 0.650. The second kappa shape index (κ2) is 11.8. The van der Waals surface area contributed by atoms with Gasteiger partial charge in [-0.3, -0.25) is 14.5 Å². The predicted octanol–water partition coefficient (Wildman–Crippen LogP) is 3.17. The van der Waals surface area contributed by atoms with E-state index in [9.17, 15) is 19.2 Å². The molecule has 0 bridgehead atoms. The summed E-state index contributed by atoms with van der Waals surface area (Å²) in [4.78, 5) is 51.8. The van der Waals surface area contributed by atoms with Crippen molar-refractivity contribution in [3.05, 3.63) is 107 Å². The van der Waals surface area contributed by atoms with Crippen LogP contribution in [0.2, 0.25) is 0 Å². The molecule has 0 atom stereocenters. The Morgan fingerprint density at radius 3 is 2.08 bits per heavy atom. The second-order valence-electron chi connectivity index (χ2n) is 8.45. The van der Waals surface area contributed by atoms with E-state index in [0.717, 1.165) is 16.0 Å². The molecule has 0 unspecified atom stereocenters. The highest BCUT2D eigenvalue weighted by Crippen LogP contribution is 2.12. The lowest BCUT2D eigenvalue weighted by Crippen LogP contribution is -2.35. The fourth-order valence-electron chi connectivity index (χ4n) is 3.85. The van der Waals surface area contributed by atoms with Gasteiger partial charge in [-0.05, 0) is 35.2 Å². The van der Waals surface area contributed by atoms with E-state index < -0.39 is 12.0 Å². The summed E-state index contributed by atoms with van der Waals surface area (Å²) in [5.41, 5.74) is 3.09. The van der Waals surface area contributed by atoms with Gasteiger partial charge in [0.2, 0.25) is 5.91 Å². The van der Waals surface area contributed by atoms with Gasteiger partial charge >= 0.3 is 12.0 Å². The number of hydrogen-bond donors (Lipinski definition) is 1. The van der Waals surface area contributed by atoms with Crippen LogP contribution in [0.1, 0.15) is 27.0 Å². The molecule has 4 amide bonds. The SMILES string of the molecule is O=C(OCC(=O)N(CCc1ccccc1)Cc1ccccc1)c1ccc(CN2C(=O)CNC2=O)cc1. The third-order valence-corrected chi connectivity index (χ3v) is 5.88. The van der Waals surface area contributed by atoms with E-state index in [1.807, 2.05) is 60.7 Å². The number of ether oxygens (including phenoxy) is 1. The normalized spacial score (nSPS) is 12.8. The van der Waals surface area contributed by atoms with E-state index in [0.29, 0.717) is 25.1 Å². The summed E-state index contributed by atoms with van der Waals surface area (Å²) in [5.74, 6) is -1.19. The molecule has 1 fully saturated rings. The molecule has 8 heteroatoms. The van der Waals surface area contributed by atoms with Gasteiger partial charge in [0.25, 0.3) is 5.91 Å². The van der Waals surface area contributed by atoms with Crippen LogP contribution in [-0.4, -0.2) is 53.3 Å². The smallest absolute Gasteiger partial charge is 0.338 e. The fraction of sp³-hybridized carbons (Fsp3) is 0.214. The molecule has 36 heavy (non-hydrogen) atoms. The molecule has 0 saturated carbocycles. The summed E-state index contributed by atoms with van der Waals surface area (Å²) >= 11 is 0. The van der Waals surface area contributed by atoms with Crippen LogP contribution < -0.4 is 5.32 Å². The van der Waals surface area contributed by atoms with E-state index in [1.165, 1.54) is 0 Å². The van der Waals surface area contributed by atoms with E-state index in [2.05, 4.69) is 5.32 Å². The average molecular weight is 486 g/mol. The van der Waals surface area contributed by atoms with Crippen LogP contribution in [0.15, 0.2) is 84.9 Å². The molecule has 1 aliphatic rings. The molecule has 1 aliphatic heterocycles. The predicted molar refractivity (Wildman–Crippen MR) is 133 cm³/mol. The number of amides is 4. The molecule has 0 aromatic heterocycles. The number of nitrogens with zero attached hydrogens (tertiary/aromatic N) is 2. The molecule has 1 heterocycles. The van der Waals surface area contributed by atoms with Crippen molar-refractivity contribution in [2.24, 2.45) is 0 Å². The minimum Gasteiger partial charge on any atom is -0.452 e. The zero-order valence-corrected chi connectivity index (χ0v) is 19.8. The lowest BCUT2D eigenvalue weighted by molar-refractivity contribution is -0.135. The Kier molecular flexibility index (Phi) is 8.08. The number of rotatable bonds is 10. The zero-order chi connectivity index (χ0) is 25.3. The van der Waals surface area contributed by atoms with Crippen molar-refractivity contribution in [2.45, 2.75) is 19.5 Å². The largest absolute Gasteiger partial charge is 0.452 e. The zero-order valence-electron chi connectivity index (χ0n) is 19.8. The number of carbonyl (C=O) groups is 4. The second-order valence-corrected chi connectivity index (χ2v) is 8.45. The van der Waals surface area contributed by atoms with Crippen LogP contribution in [0.25, 0.3) is 0 Å². The van der Waals surface area contributed by atoms with Gasteiger partial charge in [0.15, 0.2) is 6.61 Å². The number of urea groups is 1. The van der Waals surface area contributed by atoms with Crippen LogP contribution in [0.4, 0.5) is 4.79 Å². The molecule has 184 valence electrons. The molecule has 1 N–H and O–H groups in total.